The lowest BCUT2D eigenvalue weighted by Gasteiger charge is -2.36. The summed E-state index contributed by atoms with van der Waals surface area (Å²) in [7, 11) is 0. The van der Waals surface area contributed by atoms with Crippen molar-refractivity contribution >= 4 is 34.5 Å². The molecule has 1 aliphatic rings. The number of nitrogens with one attached hydrogen (secondary N) is 2. The number of carbonyl (C=O) groups is 2. The van der Waals surface area contributed by atoms with Gasteiger partial charge < -0.3 is 30.9 Å². The van der Waals surface area contributed by atoms with Gasteiger partial charge >= 0.3 is 0 Å². The third kappa shape index (κ3) is 6.80. The number of aliphatic hydroxyl groups excluding tert-OH is 1. The van der Waals surface area contributed by atoms with E-state index in [4.69, 9.17) is 15.2 Å². The maximum Gasteiger partial charge on any atom is 0.286 e. The molecule has 9 heteroatoms. The lowest BCUT2D eigenvalue weighted by atomic mass is 9.81. The summed E-state index contributed by atoms with van der Waals surface area (Å²) in [5.74, 6) is -0.460. The number of amides is 2. The maximum absolute atomic E-state index is 13.1. The van der Waals surface area contributed by atoms with Gasteiger partial charge in [-0.3, -0.25) is 9.59 Å². The van der Waals surface area contributed by atoms with Crippen molar-refractivity contribution in [2.24, 2.45) is 5.92 Å². The fourth-order valence-electron chi connectivity index (χ4n) is 4.46. The first-order chi connectivity index (χ1) is 18.5. The Bertz CT molecular complexity index is 1240. The number of aliphatic hydroxyl groups is 1. The first kappa shape index (κ1) is 27.4. The number of anilines is 2. The fraction of sp³-hybridized carbons (Fsp3) is 0.310. The molecule has 0 unspecified atom stereocenters. The number of thiophene rings is 1. The van der Waals surface area contributed by atoms with Gasteiger partial charge in [0.2, 0.25) is 6.29 Å². The highest BCUT2D eigenvalue weighted by Crippen LogP contribution is 2.40. The number of hydrogen-bond donors (Lipinski definition) is 4. The molecule has 1 aromatic heterocycles. The summed E-state index contributed by atoms with van der Waals surface area (Å²) >= 11 is 1.60. The van der Waals surface area contributed by atoms with Crippen LogP contribution < -0.4 is 16.4 Å². The van der Waals surface area contributed by atoms with Crippen molar-refractivity contribution in [2.45, 2.75) is 38.5 Å². The van der Waals surface area contributed by atoms with Crippen LogP contribution in [0, 0.1) is 5.92 Å². The van der Waals surface area contributed by atoms with E-state index in [-0.39, 0.29) is 42.6 Å². The van der Waals surface area contributed by atoms with Gasteiger partial charge in [0.1, 0.15) is 0 Å². The van der Waals surface area contributed by atoms with Gasteiger partial charge in [0, 0.05) is 37.2 Å². The summed E-state index contributed by atoms with van der Waals surface area (Å²) in [6.07, 6.45) is 2.61. The average Bonchev–Trinajstić information content (AvgIpc) is 3.47. The van der Waals surface area contributed by atoms with Crippen LogP contribution in [0.15, 0.2) is 77.2 Å². The zero-order valence-corrected chi connectivity index (χ0v) is 22.1. The van der Waals surface area contributed by atoms with Crippen molar-refractivity contribution in [3.63, 3.8) is 0 Å². The molecule has 38 heavy (non-hydrogen) atoms. The predicted octanol–water partition coefficient (Wildman–Crippen LogP) is 4.65. The number of rotatable bonds is 11. The quantitative estimate of drug-likeness (QED) is 0.265. The van der Waals surface area contributed by atoms with Crippen molar-refractivity contribution in [1.29, 1.82) is 0 Å². The Morgan fingerprint density at radius 1 is 1.11 bits per heavy atom. The summed E-state index contributed by atoms with van der Waals surface area (Å²) in [5, 5.41) is 19.2. The van der Waals surface area contributed by atoms with Crippen molar-refractivity contribution in [3.8, 4) is 0 Å². The highest BCUT2D eigenvalue weighted by atomic mass is 32.1. The van der Waals surface area contributed by atoms with Crippen LogP contribution in [-0.2, 0) is 20.8 Å². The summed E-state index contributed by atoms with van der Waals surface area (Å²) < 4.78 is 11.9. The van der Waals surface area contributed by atoms with E-state index in [1.165, 1.54) is 0 Å². The Labute approximate surface area is 226 Å². The summed E-state index contributed by atoms with van der Waals surface area (Å²) in [6.45, 7) is 2.69. The van der Waals surface area contributed by atoms with E-state index in [0.29, 0.717) is 36.4 Å². The van der Waals surface area contributed by atoms with Crippen LogP contribution in [-0.4, -0.2) is 36.4 Å². The molecule has 2 amide bonds. The molecule has 1 aliphatic heterocycles. The summed E-state index contributed by atoms with van der Waals surface area (Å²) in [5.41, 5.74) is 9.37. The molecule has 4 rings (SSSR count). The molecule has 0 saturated carbocycles. The molecule has 0 saturated heterocycles. The van der Waals surface area contributed by atoms with Crippen molar-refractivity contribution < 1.29 is 24.2 Å². The van der Waals surface area contributed by atoms with E-state index in [0.717, 1.165) is 11.1 Å². The van der Waals surface area contributed by atoms with Crippen LogP contribution in [0.5, 0.6) is 0 Å². The lowest BCUT2D eigenvalue weighted by Crippen LogP contribution is -2.38. The molecule has 2 heterocycles. The molecule has 0 aliphatic carbocycles. The fourth-order valence-corrected chi connectivity index (χ4v) is 5.17. The molecule has 5 N–H and O–H groups in total. The number of nitrogen functional groups attached to an aromatic ring is 1. The third-order valence-electron chi connectivity index (χ3n) is 6.44. The zero-order chi connectivity index (χ0) is 26.9. The number of nitrogens with two attached hydrogens (primary N) is 1. The van der Waals surface area contributed by atoms with E-state index in [1.54, 1.807) is 59.9 Å². The summed E-state index contributed by atoms with van der Waals surface area (Å²) in [4.78, 5) is 25.7. The van der Waals surface area contributed by atoms with Gasteiger partial charge in [-0.2, -0.15) is 11.3 Å². The molecule has 0 fully saturated rings. The Balaban J connectivity index is 1.41. The second-order valence-corrected chi connectivity index (χ2v) is 9.79. The number of hydrogen-bond acceptors (Lipinski definition) is 7. The standard InChI is InChI=1S/C29H33N3O5S/c1-2-36-29-22(6-5-14-33)23(21-13-15-38-18-21)16-26(37-29)28(35)31-17-19-9-11-20(12-10-19)27(34)32-25-8-4-3-7-24(25)30/h3-4,7-13,15-16,18,22-23,29,33H,2,5-6,14,17,30H2,1H3,(H,31,35)(H,32,34)/t22-,23+,29+/m1/s1. The second-order valence-electron chi connectivity index (χ2n) is 9.01. The van der Waals surface area contributed by atoms with Crippen LogP contribution in [0.3, 0.4) is 0 Å². The number of ether oxygens (including phenoxy) is 2. The SMILES string of the molecule is CCO[C@H]1OC(C(=O)NCc2ccc(C(=O)Nc3ccccc3N)cc2)=C[C@@H](c2ccsc2)[C@H]1CCCO. The van der Waals surface area contributed by atoms with Gasteiger partial charge in [-0.1, -0.05) is 24.3 Å². The normalized spacial score (nSPS) is 18.8. The molecule has 0 bridgehead atoms. The Morgan fingerprint density at radius 3 is 2.58 bits per heavy atom. The zero-order valence-electron chi connectivity index (χ0n) is 21.3. The smallest absolute Gasteiger partial charge is 0.286 e. The van der Waals surface area contributed by atoms with Gasteiger partial charge in [-0.15, -0.1) is 0 Å². The van der Waals surface area contributed by atoms with E-state index in [2.05, 4.69) is 16.0 Å². The minimum absolute atomic E-state index is 0.0156. The monoisotopic (exact) mass is 535 g/mol. The van der Waals surface area contributed by atoms with Crippen molar-refractivity contribution in [3.05, 3.63) is 93.9 Å². The van der Waals surface area contributed by atoms with Gasteiger partial charge in [0.15, 0.2) is 5.76 Å². The minimum atomic E-state index is -0.585. The van der Waals surface area contributed by atoms with E-state index >= 15 is 0 Å². The molecule has 0 radical (unpaired) electrons. The van der Waals surface area contributed by atoms with Crippen LogP contribution >= 0.6 is 11.3 Å². The molecule has 200 valence electrons. The average molecular weight is 536 g/mol. The number of carbonyl (C=O) groups excluding carboxylic acids is 2. The largest absolute Gasteiger partial charge is 0.459 e. The number of allylic oxidation sites excluding steroid dienone is 1. The van der Waals surface area contributed by atoms with Crippen molar-refractivity contribution in [1.82, 2.24) is 5.32 Å². The van der Waals surface area contributed by atoms with Crippen LogP contribution in [0.1, 0.15) is 47.2 Å². The van der Waals surface area contributed by atoms with Crippen LogP contribution in [0.25, 0.3) is 0 Å². The molecule has 3 aromatic rings. The Kier molecular flexibility index (Phi) is 9.53. The molecule has 8 nitrogen and oxygen atoms in total. The second kappa shape index (κ2) is 13.2. The molecular weight excluding hydrogens is 502 g/mol. The minimum Gasteiger partial charge on any atom is -0.459 e. The topological polar surface area (TPSA) is 123 Å². The van der Waals surface area contributed by atoms with Crippen molar-refractivity contribution in [2.75, 3.05) is 24.3 Å². The van der Waals surface area contributed by atoms with E-state index in [1.807, 2.05) is 24.4 Å². The van der Waals surface area contributed by atoms with E-state index < -0.39 is 6.29 Å². The Morgan fingerprint density at radius 2 is 1.89 bits per heavy atom. The number of benzene rings is 2. The molecule has 0 spiro atoms. The summed E-state index contributed by atoms with van der Waals surface area (Å²) in [6, 6.07) is 16.1. The maximum atomic E-state index is 13.1. The van der Waals surface area contributed by atoms with Gasteiger partial charge in [0.25, 0.3) is 11.8 Å². The third-order valence-corrected chi connectivity index (χ3v) is 7.14. The lowest BCUT2D eigenvalue weighted by molar-refractivity contribution is -0.166. The highest BCUT2D eigenvalue weighted by Gasteiger charge is 2.37. The molecular formula is C29H33N3O5S. The van der Waals surface area contributed by atoms with Gasteiger partial charge in [-0.05, 0) is 78.1 Å². The first-order valence-electron chi connectivity index (χ1n) is 12.7. The first-order valence-corrected chi connectivity index (χ1v) is 13.6. The Hall–Kier alpha value is -3.66. The molecule has 2 aromatic carbocycles. The number of para-hydroxylation sites is 2. The highest BCUT2D eigenvalue weighted by molar-refractivity contribution is 7.08. The van der Waals surface area contributed by atoms with E-state index in [9.17, 15) is 14.7 Å². The van der Waals surface area contributed by atoms with Crippen LogP contribution in [0.2, 0.25) is 0 Å². The van der Waals surface area contributed by atoms with Gasteiger partial charge in [-0.25, -0.2) is 0 Å². The van der Waals surface area contributed by atoms with Crippen LogP contribution in [0.4, 0.5) is 11.4 Å². The predicted molar refractivity (Wildman–Crippen MR) is 149 cm³/mol. The molecule has 3 atom stereocenters. The van der Waals surface area contributed by atoms with Gasteiger partial charge in [0.05, 0.1) is 11.4 Å².